The van der Waals surface area contributed by atoms with E-state index in [4.69, 9.17) is 9.47 Å². The Kier molecular flexibility index (Phi) is 6.52. The molecule has 0 aliphatic heterocycles. The highest BCUT2D eigenvalue weighted by atomic mass is 16.5. The molecule has 0 aliphatic rings. The molecule has 1 amide bonds. The Balaban J connectivity index is 2.65. The molecule has 1 aromatic carbocycles. The van der Waals surface area contributed by atoms with Crippen LogP contribution in [0.15, 0.2) is 24.3 Å². The zero-order valence-corrected chi connectivity index (χ0v) is 12.9. The van der Waals surface area contributed by atoms with E-state index in [9.17, 15) is 4.79 Å². The maximum Gasteiger partial charge on any atom is 0.256 e. The summed E-state index contributed by atoms with van der Waals surface area (Å²) < 4.78 is 10.9. The third-order valence-corrected chi connectivity index (χ3v) is 3.24. The van der Waals surface area contributed by atoms with E-state index < -0.39 is 5.60 Å². The first-order valence-electron chi connectivity index (χ1n) is 7.15. The summed E-state index contributed by atoms with van der Waals surface area (Å²) in [7, 11) is 1.57. The number of amides is 1. The molecule has 1 N–H and O–H groups in total. The van der Waals surface area contributed by atoms with Crippen LogP contribution in [0.3, 0.4) is 0 Å². The van der Waals surface area contributed by atoms with Crippen LogP contribution in [0, 0.1) is 0 Å². The van der Waals surface area contributed by atoms with Crippen LogP contribution in [0.4, 0.5) is 5.69 Å². The lowest BCUT2D eigenvalue weighted by Gasteiger charge is -2.26. The van der Waals surface area contributed by atoms with Gasteiger partial charge in [0.05, 0.1) is 6.61 Å². The first kappa shape index (κ1) is 16.5. The normalized spacial score (nSPS) is 13.6. The smallest absolute Gasteiger partial charge is 0.256 e. The van der Waals surface area contributed by atoms with E-state index in [-0.39, 0.29) is 5.91 Å². The highest BCUT2D eigenvalue weighted by Crippen LogP contribution is 2.21. The van der Waals surface area contributed by atoms with Gasteiger partial charge in [-0.05, 0) is 44.0 Å². The Morgan fingerprint density at radius 1 is 1.20 bits per heavy atom. The molecular formula is C16H25NO3. The van der Waals surface area contributed by atoms with Gasteiger partial charge in [0.25, 0.3) is 5.91 Å². The molecule has 1 atom stereocenters. The molecule has 0 aliphatic carbocycles. The molecule has 0 saturated carbocycles. The number of nitrogens with one attached hydrogen (secondary N) is 1. The quantitative estimate of drug-likeness (QED) is 0.790. The maximum atomic E-state index is 12.2. The first-order chi connectivity index (χ1) is 9.55. The minimum Gasteiger partial charge on any atom is -0.494 e. The third kappa shape index (κ3) is 4.53. The number of methoxy groups -OCH3 is 1. The van der Waals surface area contributed by atoms with E-state index >= 15 is 0 Å². The largest absolute Gasteiger partial charge is 0.494 e. The van der Waals surface area contributed by atoms with Crippen molar-refractivity contribution in [2.75, 3.05) is 19.0 Å². The van der Waals surface area contributed by atoms with Crippen molar-refractivity contribution in [3.63, 3.8) is 0 Å². The molecule has 4 nitrogen and oxygen atoms in total. The van der Waals surface area contributed by atoms with Gasteiger partial charge in [0.15, 0.2) is 0 Å². The Bertz CT molecular complexity index is 416. The molecule has 1 rings (SSSR count). The predicted molar refractivity (Wildman–Crippen MR) is 81.2 cm³/mol. The number of carbonyl (C=O) groups is 1. The molecule has 0 fully saturated rings. The van der Waals surface area contributed by atoms with E-state index in [1.165, 1.54) is 0 Å². The monoisotopic (exact) mass is 279 g/mol. The van der Waals surface area contributed by atoms with Gasteiger partial charge in [-0.1, -0.05) is 20.3 Å². The zero-order valence-electron chi connectivity index (χ0n) is 12.9. The topological polar surface area (TPSA) is 47.6 Å². The Morgan fingerprint density at radius 3 is 2.35 bits per heavy atom. The summed E-state index contributed by atoms with van der Waals surface area (Å²) in [4.78, 5) is 12.2. The fourth-order valence-electron chi connectivity index (χ4n) is 1.90. The summed E-state index contributed by atoms with van der Waals surface area (Å²) in [5.41, 5.74) is -0.0372. The molecule has 112 valence electrons. The molecule has 0 bridgehead atoms. The van der Waals surface area contributed by atoms with E-state index in [1.807, 2.05) is 38.1 Å². The third-order valence-electron chi connectivity index (χ3n) is 3.24. The standard InChI is InChI=1S/C16H25NO3/c1-5-11-16(3,19-4)15(18)17-13-7-9-14(10-8-13)20-12-6-2/h7-10H,5-6,11-12H2,1-4H3,(H,17,18)/t16-/m0/s1. The van der Waals surface area contributed by atoms with Gasteiger partial charge in [-0.15, -0.1) is 0 Å². The summed E-state index contributed by atoms with van der Waals surface area (Å²) in [6.07, 6.45) is 2.55. The van der Waals surface area contributed by atoms with Gasteiger partial charge >= 0.3 is 0 Å². The molecular weight excluding hydrogens is 254 g/mol. The number of hydrogen-bond donors (Lipinski definition) is 1. The molecule has 0 spiro atoms. The Labute approximate surface area is 121 Å². The number of anilines is 1. The summed E-state index contributed by atoms with van der Waals surface area (Å²) in [6.45, 7) is 6.60. The van der Waals surface area contributed by atoms with Crippen LogP contribution in [-0.4, -0.2) is 25.2 Å². The molecule has 1 aromatic rings. The Morgan fingerprint density at radius 2 is 1.85 bits per heavy atom. The summed E-state index contributed by atoms with van der Waals surface area (Å²) in [5.74, 6) is 0.692. The van der Waals surface area contributed by atoms with Gasteiger partial charge < -0.3 is 14.8 Å². The molecule has 4 heteroatoms. The van der Waals surface area contributed by atoms with Crippen molar-refractivity contribution < 1.29 is 14.3 Å². The van der Waals surface area contributed by atoms with Gasteiger partial charge in [-0.2, -0.15) is 0 Å². The fourth-order valence-corrected chi connectivity index (χ4v) is 1.90. The van der Waals surface area contributed by atoms with Gasteiger partial charge in [0.2, 0.25) is 0 Å². The van der Waals surface area contributed by atoms with Crippen molar-refractivity contribution in [3.8, 4) is 5.75 Å². The van der Waals surface area contributed by atoms with Crippen LogP contribution in [0.1, 0.15) is 40.0 Å². The average Bonchev–Trinajstić information content (AvgIpc) is 2.46. The minimum atomic E-state index is -0.786. The van der Waals surface area contributed by atoms with E-state index in [0.717, 1.165) is 24.3 Å². The van der Waals surface area contributed by atoms with Gasteiger partial charge in [0, 0.05) is 12.8 Å². The van der Waals surface area contributed by atoms with Crippen LogP contribution >= 0.6 is 0 Å². The van der Waals surface area contributed by atoms with Crippen LogP contribution in [-0.2, 0) is 9.53 Å². The molecule has 0 radical (unpaired) electrons. The highest BCUT2D eigenvalue weighted by molar-refractivity contribution is 5.97. The maximum absolute atomic E-state index is 12.2. The second-order valence-electron chi connectivity index (χ2n) is 5.01. The van der Waals surface area contributed by atoms with Crippen LogP contribution in [0.2, 0.25) is 0 Å². The van der Waals surface area contributed by atoms with Gasteiger partial charge in [-0.25, -0.2) is 0 Å². The summed E-state index contributed by atoms with van der Waals surface area (Å²) >= 11 is 0. The number of rotatable bonds is 8. The number of carbonyl (C=O) groups excluding carboxylic acids is 1. The second-order valence-corrected chi connectivity index (χ2v) is 5.01. The molecule has 0 aromatic heterocycles. The van der Waals surface area contributed by atoms with Crippen molar-refractivity contribution in [1.82, 2.24) is 0 Å². The van der Waals surface area contributed by atoms with Gasteiger partial charge in [-0.3, -0.25) is 4.79 Å². The zero-order chi connectivity index (χ0) is 15.0. The summed E-state index contributed by atoms with van der Waals surface area (Å²) in [5, 5.41) is 2.88. The van der Waals surface area contributed by atoms with E-state index in [0.29, 0.717) is 13.0 Å². The van der Waals surface area contributed by atoms with Crippen molar-refractivity contribution in [2.45, 2.75) is 45.6 Å². The van der Waals surface area contributed by atoms with E-state index in [1.54, 1.807) is 7.11 Å². The molecule has 20 heavy (non-hydrogen) atoms. The minimum absolute atomic E-state index is 0.121. The first-order valence-corrected chi connectivity index (χ1v) is 7.15. The number of benzene rings is 1. The lowest BCUT2D eigenvalue weighted by Crippen LogP contribution is -2.41. The molecule has 0 saturated heterocycles. The lowest BCUT2D eigenvalue weighted by atomic mass is 9.99. The van der Waals surface area contributed by atoms with Crippen LogP contribution < -0.4 is 10.1 Å². The summed E-state index contributed by atoms with van der Waals surface area (Å²) in [6, 6.07) is 7.39. The predicted octanol–water partition coefficient (Wildman–Crippen LogP) is 3.62. The van der Waals surface area contributed by atoms with Crippen molar-refractivity contribution in [3.05, 3.63) is 24.3 Å². The number of hydrogen-bond acceptors (Lipinski definition) is 3. The second kappa shape index (κ2) is 7.90. The fraction of sp³-hybridized carbons (Fsp3) is 0.562. The van der Waals surface area contributed by atoms with Crippen molar-refractivity contribution in [1.29, 1.82) is 0 Å². The van der Waals surface area contributed by atoms with E-state index in [2.05, 4.69) is 12.2 Å². The Hall–Kier alpha value is -1.55. The lowest BCUT2D eigenvalue weighted by molar-refractivity contribution is -0.136. The number of ether oxygens (including phenoxy) is 2. The highest BCUT2D eigenvalue weighted by Gasteiger charge is 2.31. The van der Waals surface area contributed by atoms with Crippen molar-refractivity contribution >= 4 is 11.6 Å². The van der Waals surface area contributed by atoms with Gasteiger partial charge in [0.1, 0.15) is 11.4 Å². The van der Waals surface area contributed by atoms with Crippen LogP contribution in [0.5, 0.6) is 5.75 Å². The molecule has 0 heterocycles. The average molecular weight is 279 g/mol. The van der Waals surface area contributed by atoms with Crippen molar-refractivity contribution in [2.24, 2.45) is 0 Å². The SMILES string of the molecule is CCCOc1ccc(NC(=O)[C@](C)(CCC)OC)cc1. The van der Waals surface area contributed by atoms with Crippen LogP contribution in [0.25, 0.3) is 0 Å². The molecule has 0 unspecified atom stereocenters.